The van der Waals surface area contributed by atoms with Gasteiger partial charge in [0.2, 0.25) is 5.82 Å². The topological polar surface area (TPSA) is 142 Å². The van der Waals surface area contributed by atoms with Crippen molar-refractivity contribution in [1.29, 1.82) is 0 Å². The average Bonchev–Trinajstić information content (AvgIpc) is 3.51. The fourth-order valence-electron chi connectivity index (χ4n) is 3.69. The summed E-state index contributed by atoms with van der Waals surface area (Å²) in [5.41, 5.74) is 0.346. The Kier molecular flexibility index (Phi) is 10.0. The van der Waals surface area contributed by atoms with Crippen molar-refractivity contribution in [2.24, 2.45) is 0 Å². The summed E-state index contributed by atoms with van der Waals surface area (Å²) < 4.78 is 78.6. The van der Waals surface area contributed by atoms with Crippen LogP contribution in [0.25, 0.3) is 0 Å². The molecule has 42 heavy (non-hydrogen) atoms. The lowest BCUT2D eigenvalue weighted by Gasteiger charge is -2.18. The van der Waals surface area contributed by atoms with E-state index in [9.17, 15) is 22.0 Å². The molecular formula is C28H28F2N4O7S. The van der Waals surface area contributed by atoms with E-state index in [2.05, 4.69) is 15.0 Å². The van der Waals surface area contributed by atoms with Gasteiger partial charge in [-0.1, -0.05) is 6.92 Å². The van der Waals surface area contributed by atoms with Crippen LogP contribution in [0.15, 0.2) is 72.1 Å². The minimum absolute atomic E-state index is 0.180. The predicted octanol–water partition coefficient (Wildman–Crippen LogP) is 4.34. The van der Waals surface area contributed by atoms with E-state index in [1.54, 1.807) is 37.1 Å². The SMILES string of the molecule is CC[C@@H](Oc1ccc(C(=O)NS(=O)(=O)c2ccc(OCc3cnc[nH]3)cc2)c(F)c1F)c1ccc(OCCOC)cn1. The molecule has 0 unspecified atom stereocenters. The molecular weight excluding hydrogens is 574 g/mol. The number of nitrogens with one attached hydrogen (secondary N) is 2. The number of benzene rings is 2. The Labute approximate surface area is 240 Å². The largest absolute Gasteiger partial charge is 0.490 e. The number of carbonyl (C=O) groups is 1. The van der Waals surface area contributed by atoms with Crippen LogP contribution in [-0.4, -0.2) is 49.6 Å². The molecule has 0 radical (unpaired) electrons. The molecule has 0 bridgehead atoms. The monoisotopic (exact) mass is 602 g/mol. The number of sulfonamides is 1. The smallest absolute Gasteiger partial charge is 0.268 e. The zero-order valence-corrected chi connectivity index (χ0v) is 23.5. The second kappa shape index (κ2) is 13.9. The molecule has 0 aliphatic carbocycles. The lowest BCUT2D eigenvalue weighted by molar-refractivity contribution is 0.0976. The number of rotatable bonds is 14. The number of hydrogen-bond donors (Lipinski definition) is 2. The minimum atomic E-state index is -4.41. The molecule has 0 aliphatic heterocycles. The number of hydrogen-bond acceptors (Lipinski definition) is 9. The minimum Gasteiger partial charge on any atom is -0.490 e. The third-order valence-corrected chi connectivity index (χ3v) is 7.23. The second-order valence-electron chi connectivity index (χ2n) is 8.79. The van der Waals surface area contributed by atoms with E-state index in [-0.39, 0.29) is 11.5 Å². The molecule has 0 spiro atoms. The van der Waals surface area contributed by atoms with Crippen molar-refractivity contribution in [3.05, 3.63) is 95.8 Å². The van der Waals surface area contributed by atoms with E-state index in [0.717, 1.165) is 12.1 Å². The van der Waals surface area contributed by atoms with Crippen molar-refractivity contribution in [3.63, 3.8) is 0 Å². The predicted molar refractivity (Wildman–Crippen MR) is 146 cm³/mol. The van der Waals surface area contributed by atoms with Crippen LogP contribution < -0.4 is 18.9 Å². The third kappa shape index (κ3) is 7.59. The Bertz CT molecular complexity index is 1580. The van der Waals surface area contributed by atoms with Crippen LogP contribution >= 0.6 is 0 Å². The van der Waals surface area contributed by atoms with Crippen molar-refractivity contribution in [3.8, 4) is 17.2 Å². The van der Waals surface area contributed by atoms with Crippen molar-refractivity contribution >= 4 is 15.9 Å². The van der Waals surface area contributed by atoms with Crippen molar-refractivity contribution < 1.29 is 40.9 Å². The normalized spacial score (nSPS) is 12.0. The molecule has 2 aromatic heterocycles. The number of H-pyrrole nitrogens is 1. The maximum absolute atomic E-state index is 14.9. The summed E-state index contributed by atoms with van der Waals surface area (Å²) in [5, 5.41) is 0. The third-order valence-electron chi connectivity index (χ3n) is 5.89. The first-order chi connectivity index (χ1) is 20.2. The lowest BCUT2D eigenvalue weighted by atomic mass is 10.1. The van der Waals surface area contributed by atoms with Crippen LogP contribution in [0.2, 0.25) is 0 Å². The summed E-state index contributed by atoms with van der Waals surface area (Å²) >= 11 is 0. The molecule has 2 heterocycles. The quantitative estimate of drug-likeness (QED) is 0.202. The van der Waals surface area contributed by atoms with Gasteiger partial charge in [0.15, 0.2) is 11.6 Å². The molecule has 4 rings (SSSR count). The van der Waals surface area contributed by atoms with E-state index in [1.165, 1.54) is 36.8 Å². The summed E-state index contributed by atoms with van der Waals surface area (Å²) in [5.74, 6) is -3.96. The summed E-state index contributed by atoms with van der Waals surface area (Å²) in [6.07, 6.45) is 4.18. The summed E-state index contributed by atoms with van der Waals surface area (Å²) in [4.78, 5) is 23.4. The van der Waals surface area contributed by atoms with E-state index < -0.39 is 45.0 Å². The molecule has 1 amide bonds. The fourth-order valence-corrected chi connectivity index (χ4v) is 4.66. The number of pyridine rings is 1. The zero-order valence-electron chi connectivity index (χ0n) is 22.7. The molecule has 222 valence electrons. The van der Waals surface area contributed by atoms with E-state index in [0.29, 0.717) is 42.5 Å². The maximum Gasteiger partial charge on any atom is 0.268 e. The Morgan fingerprint density at radius 3 is 2.38 bits per heavy atom. The maximum atomic E-state index is 14.9. The number of halogens is 2. The zero-order chi connectivity index (χ0) is 30.1. The molecule has 2 N–H and O–H groups in total. The van der Waals surface area contributed by atoms with Crippen LogP contribution in [0, 0.1) is 11.6 Å². The molecule has 0 saturated carbocycles. The highest BCUT2D eigenvalue weighted by molar-refractivity contribution is 7.90. The van der Waals surface area contributed by atoms with Crippen molar-refractivity contribution in [2.45, 2.75) is 31.0 Å². The van der Waals surface area contributed by atoms with E-state index in [1.807, 2.05) is 0 Å². The molecule has 4 aromatic rings. The van der Waals surface area contributed by atoms with Gasteiger partial charge in [0.05, 0.1) is 47.2 Å². The number of nitrogens with zero attached hydrogens (tertiary/aromatic N) is 2. The van der Waals surface area contributed by atoms with Crippen molar-refractivity contribution in [2.75, 3.05) is 20.3 Å². The standard InChI is InChI=1S/C28H28F2N4O7S/c1-3-24(23-10-6-20(15-32-23)39-13-12-38-2)41-25-11-9-22(26(29)27(25)30)28(35)34-42(36,37)21-7-4-19(5-8-21)40-16-18-14-31-17-33-18/h4-11,14-15,17,24H,3,12-13,16H2,1-2H3,(H,31,33)(H,34,35)/t24-/m1/s1. The van der Waals surface area contributed by atoms with Gasteiger partial charge in [-0.15, -0.1) is 0 Å². The number of aromatic nitrogens is 3. The number of imidazole rings is 1. The van der Waals surface area contributed by atoms with Gasteiger partial charge in [-0.25, -0.2) is 22.5 Å². The van der Waals surface area contributed by atoms with Gasteiger partial charge >= 0.3 is 0 Å². The number of ether oxygens (including phenoxy) is 4. The number of carbonyl (C=O) groups excluding carboxylic acids is 1. The lowest BCUT2D eigenvalue weighted by Crippen LogP contribution is -2.31. The number of methoxy groups -OCH3 is 1. The van der Waals surface area contributed by atoms with Crippen LogP contribution in [0.1, 0.15) is 41.2 Å². The van der Waals surface area contributed by atoms with E-state index in [4.69, 9.17) is 18.9 Å². The van der Waals surface area contributed by atoms with Crippen LogP contribution in [-0.2, 0) is 21.4 Å². The van der Waals surface area contributed by atoms with Gasteiger partial charge < -0.3 is 23.9 Å². The molecule has 0 fully saturated rings. The highest BCUT2D eigenvalue weighted by Gasteiger charge is 2.25. The van der Waals surface area contributed by atoms with Gasteiger partial charge in [0.1, 0.15) is 30.8 Å². The van der Waals surface area contributed by atoms with Gasteiger partial charge in [0.25, 0.3) is 15.9 Å². The molecule has 11 nitrogen and oxygen atoms in total. The van der Waals surface area contributed by atoms with Gasteiger partial charge in [-0.05, 0) is 55.0 Å². The molecule has 0 saturated heterocycles. The van der Waals surface area contributed by atoms with Crippen molar-refractivity contribution in [1.82, 2.24) is 19.7 Å². The van der Waals surface area contributed by atoms with Gasteiger partial charge in [-0.3, -0.25) is 9.78 Å². The summed E-state index contributed by atoms with van der Waals surface area (Å²) in [6, 6.07) is 10.5. The Balaban J connectivity index is 1.41. The first-order valence-corrected chi connectivity index (χ1v) is 14.2. The van der Waals surface area contributed by atoms with Crippen LogP contribution in [0.3, 0.4) is 0 Å². The second-order valence-corrected chi connectivity index (χ2v) is 10.5. The summed E-state index contributed by atoms with van der Waals surface area (Å²) in [6.45, 7) is 2.70. The fraction of sp³-hybridized carbons (Fsp3) is 0.250. The van der Waals surface area contributed by atoms with E-state index >= 15 is 0 Å². The Hall–Kier alpha value is -4.56. The number of amides is 1. The first kappa shape index (κ1) is 30.4. The number of aromatic amines is 1. The average molecular weight is 603 g/mol. The van der Waals surface area contributed by atoms with Gasteiger partial charge in [-0.2, -0.15) is 4.39 Å². The first-order valence-electron chi connectivity index (χ1n) is 12.7. The highest BCUT2D eigenvalue weighted by atomic mass is 32.2. The molecule has 0 aliphatic rings. The Morgan fingerprint density at radius 2 is 1.74 bits per heavy atom. The molecule has 2 aromatic carbocycles. The Morgan fingerprint density at radius 1 is 0.976 bits per heavy atom. The van der Waals surface area contributed by atoms with Crippen LogP contribution in [0.4, 0.5) is 8.78 Å². The van der Waals surface area contributed by atoms with Crippen LogP contribution in [0.5, 0.6) is 17.2 Å². The molecule has 1 atom stereocenters. The highest BCUT2D eigenvalue weighted by Crippen LogP contribution is 2.29. The molecule has 14 heteroatoms. The van der Waals surface area contributed by atoms with Gasteiger partial charge in [0, 0.05) is 7.11 Å². The summed E-state index contributed by atoms with van der Waals surface area (Å²) in [7, 11) is -2.86.